The molecule has 2 N–H and O–H groups in total. The first-order chi connectivity index (χ1) is 9.18. The Kier molecular flexibility index (Phi) is 2.57. The number of hydrogen-bond donors (Lipinski definition) is 1. The summed E-state index contributed by atoms with van der Waals surface area (Å²) in [5, 5.41) is 0. The highest BCUT2D eigenvalue weighted by Crippen LogP contribution is 2.61. The SMILES string of the molecule is Cc1ccc(C23CC4CC(CC(C4)C2)C3)c(CN)c1. The van der Waals surface area contributed by atoms with Crippen LogP contribution in [0.15, 0.2) is 18.2 Å². The quantitative estimate of drug-likeness (QED) is 0.851. The topological polar surface area (TPSA) is 26.0 Å². The van der Waals surface area contributed by atoms with Gasteiger partial charge in [-0.3, -0.25) is 0 Å². The van der Waals surface area contributed by atoms with Gasteiger partial charge in [-0.15, -0.1) is 0 Å². The first-order valence-corrected chi connectivity index (χ1v) is 7.98. The Balaban J connectivity index is 1.79. The lowest BCUT2D eigenvalue weighted by Crippen LogP contribution is -2.49. The van der Waals surface area contributed by atoms with Crippen molar-refractivity contribution in [3.05, 3.63) is 34.9 Å². The zero-order valence-electron chi connectivity index (χ0n) is 12.0. The molecule has 4 aliphatic carbocycles. The molecule has 1 heteroatoms. The summed E-state index contributed by atoms with van der Waals surface area (Å²) in [7, 11) is 0. The lowest BCUT2D eigenvalue weighted by atomic mass is 9.47. The molecule has 0 radical (unpaired) electrons. The van der Waals surface area contributed by atoms with Crippen LogP contribution < -0.4 is 5.73 Å². The van der Waals surface area contributed by atoms with Crippen molar-refractivity contribution in [3.8, 4) is 0 Å². The van der Waals surface area contributed by atoms with Gasteiger partial charge in [-0.2, -0.15) is 0 Å². The van der Waals surface area contributed by atoms with Crippen LogP contribution in [-0.4, -0.2) is 0 Å². The molecular weight excluding hydrogens is 230 g/mol. The summed E-state index contributed by atoms with van der Waals surface area (Å²) in [6, 6.07) is 7.03. The molecule has 4 fully saturated rings. The normalized spacial score (nSPS) is 39.8. The van der Waals surface area contributed by atoms with E-state index in [4.69, 9.17) is 5.73 Å². The van der Waals surface area contributed by atoms with Crippen molar-refractivity contribution < 1.29 is 0 Å². The van der Waals surface area contributed by atoms with Gasteiger partial charge in [0.25, 0.3) is 0 Å². The average molecular weight is 255 g/mol. The molecule has 5 rings (SSSR count). The minimum Gasteiger partial charge on any atom is -0.326 e. The van der Waals surface area contributed by atoms with E-state index >= 15 is 0 Å². The largest absolute Gasteiger partial charge is 0.326 e. The van der Waals surface area contributed by atoms with Gasteiger partial charge in [0.05, 0.1) is 0 Å². The van der Waals surface area contributed by atoms with Crippen LogP contribution in [0.1, 0.15) is 55.2 Å². The summed E-state index contributed by atoms with van der Waals surface area (Å²) >= 11 is 0. The van der Waals surface area contributed by atoms with E-state index in [1.54, 1.807) is 5.56 Å². The molecule has 4 saturated carbocycles. The number of hydrogen-bond acceptors (Lipinski definition) is 1. The Morgan fingerprint density at radius 1 is 1.05 bits per heavy atom. The van der Waals surface area contributed by atoms with Crippen molar-refractivity contribution in [2.24, 2.45) is 23.5 Å². The first-order valence-electron chi connectivity index (χ1n) is 7.98. The van der Waals surface area contributed by atoms with E-state index < -0.39 is 0 Å². The second-order valence-electron chi connectivity index (χ2n) is 7.56. The van der Waals surface area contributed by atoms with E-state index in [1.165, 1.54) is 49.7 Å². The molecule has 102 valence electrons. The molecule has 0 saturated heterocycles. The van der Waals surface area contributed by atoms with Crippen LogP contribution >= 0.6 is 0 Å². The highest BCUT2D eigenvalue weighted by molar-refractivity contribution is 5.39. The fraction of sp³-hybridized carbons (Fsp3) is 0.667. The monoisotopic (exact) mass is 255 g/mol. The summed E-state index contributed by atoms with van der Waals surface area (Å²) in [4.78, 5) is 0. The molecule has 0 aromatic heterocycles. The van der Waals surface area contributed by atoms with Crippen molar-refractivity contribution >= 4 is 0 Å². The number of benzene rings is 1. The summed E-state index contributed by atoms with van der Waals surface area (Å²) in [6.07, 6.45) is 8.87. The van der Waals surface area contributed by atoms with Crippen LogP contribution in [0.5, 0.6) is 0 Å². The maximum absolute atomic E-state index is 6.04. The highest BCUT2D eigenvalue weighted by atomic mass is 14.6. The summed E-state index contributed by atoms with van der Waals surface area (Å²) in [6.45, 7) is 2.89. The lowest BCUT2D eigenvalue weighted by molar-refractivity contribution is -0.00557. The van der Waals surface area contributed by atoms with E-state index in [-0.39, 0.29) is 0 Å². The van der Waals surface area contributed by atoms with Crippen LogP contribution in [-0.2, 0) is 12.0 Å². The van der Waals surface area contributed by atoms with Gasteiger partial charge in [0.2, 0.25) is 0 Å². The van der Waals surface area contributed by atoms with Crippen LogP contribution in [0, 0.1) is 24.7 Å². The molecule has 0 spiro atoms. The molecule has 19 heavy (non-hydrogen) atoms. The Hall–Kier alpha value is -0.820. The van der Waals surface area contributed by atoms with E-state index in [2.05, 4.69) is 25.1 Å². The van der Waals surface area contributed by atoms with Gasteiger partial charge < -0.3 is 5.73 Å². The van der Waals surface area contributed by atoms with Crippen molar-refractivity contribution in [1.82, 2.24) is 0 Å². The zero-order valence-corrected chi connectivity index (χ0v) is 12.0. The van der Waals surface area contributed by atoms with Crippen LogP contribution in [0.25, 0.3) is 0 Å². The van der Waals surface area contributed by atoms with Crippen LogP contribution in [0.2, 0.25) is 0 Å². The Morgan fingerprint density at radius 3 is 2.16 bits per heavy atom. The third-order valence-electron chi connectivity index (χ3n) is 6.09. The Labute approximate surface area is 116 Å². The minimum absolute atomic E-state index is 0.497. The Morgan fingerprint density at radius 2 is 1.63 bits per heavy atom. The van der Waals surface area contributed by atoms with Gasteiger partial charge in [-0.25, -0.2) is 0 Å². The third kappa shape index (κ3) is 1.78. The molecule has 4 bridgehead atoms. The number of rotatable bonds is 2. The standard InChI is InChI=1S/C18H25N/c1-12-2-3-17(16(4-12)11-19)18-8-13-5-14(9-18)7-15(6-13)10-18/h2-4,13-15H,5-11,19H2,1H3. The summed E-state index contributed by atoms with van der Waals surface area (Å²) in [5.74, 6) is 3.04. The van der Waals surface area contributed by atoms with Gasteiger partial charge in [0.15, 0.2) is 0 Å². The smallest absolute Gasteiger partial charge is 0.0181 e. The van der Waals surface area contributed by atoms with Crippen molar-refractivity contribution in [3.63, 3.8) is 0 Å². The number of aryl methyl sites for hydroxylation is 1. The van der Waals surface area contributed by atoms with E-state index in [1.807, 2.05) is 0 Å². The van der Waals surface area contributed by atoms with Gasteiger partial charge in [0, 0.05) is 6.54 Å². The van der Waals surface area contributed by atoms with Crippen molar-refractivity contribution in [2.45, 2.75) is 57.4 Å². The summed E-state index contributed by atoms with van der Waals surface area (Å²) in [5.41, 5.74) is 10.9. The molecule has 0 amide bonds. The second kappa shape index (κ2) is 4.09. The fourth-order valence-corrected chi connectivity index (χ4v) is 5.85. The predicted octanol–water partition coefficient (Wildman–Crippen LogP) is 3.92. The predicted molar refractivity (Wildman–Crippen MR) is 78.9 cm³/mol. The van der Waals surface area contributed by atoms with Gasteiger partial charge in [0.1, 0.15) is 0 Å². The molecule has 0 heterocycles. The highest BCUT2D eigenvalue weighted by Gasteiger charge is 2.51. The lowest BCUT2D eigenvalue weighted by Gasteiger charge is -2.57. The first kappa shape index (κ1) is 12.0. The van der Waals surface area contributed by atoms with Gasteiger partial charge >= 0.3 is 0 Å². The zero-order chi connectivity index (χ0) is 13.0. The molecule has 4 aliphatic rings. The average Bonchev–Trinajstić information content (AvgIpc) is 2.36. The fourth-order valence-electron chi connectivity index (χ4n) is 5.85. The second-order valence-corrected chi connectivity index (χ2v) is 7.56. The van der Waals surface area contributed by atoms with Crippen molar-refractivity contribution in [2.75, 3.05) is 0 Å². The van der Waals surface area contributed by atoms with E-state index in [9.17, 15) is 0 Å². The molecule has 1 nitrogen and oxygen atoms in total. The van der Waals surface area contributed by atoms with E-state index in [0.717, 1.165) is 17.8 Å². The molecule has 0 aliphatic heterocycles. The van der Waals surface area contributed by atoms with Crippen molar-refractivity contribution in [1.29, 1.82) is 0 Å². The Bertz CT molecular complexity index is 467. The van der Waals surface area contributed by atoms with Crippen LogP contribution in [0.3, 0.4) is 0 Å². The third-order valence-corrected chi connectivity index (χ3v) is 6.09. The molecule has 1 aromatic carbocycles. The van der Waals surface area contributed by atoms with Gasteiger partial charge in [-0.1, -0.05) is 23.8 Å². The molecule has 0 unspecified atom stereocenters. The van der Waals surface area contributed by atoms with Crippen LogP contribution in [0.4, 0.5) is 0 Å². The molecule has 0 atom stereocenters. The maximum Gasteiger partial charge on any atom is 0.0181 e. The minimum atomic E-state index is 0.497. The molecule has 1 aromatic rings. The van der Waals surface area contributed by atoms with E-state index in [0.29, 0.717) is 12.0 Å². The van der Waals surface area contributed by atoms with Gasteiger partial charge in [-0.05, 0) is 79.7 Å². The maximum atomic E-state index is 6.04. The number of nitrogens with two attached hydrogens (primary N) is 1. The molecular formula is C18H25N. The summed E-state index contributed by atoms with van der Waals surface area (Å²) < 4.78 is 0.